The third-order valence-corrected chi connectivity index (χ3v) is 3.86. The molecule has 0 saturated heterocycles. The molecule has 0 amide bonds. The van der Waals surface area contributed by atoms with Crippen molar-refractivity contribution < 1.29 is 19.0 Å². The maximum absolute atomic E-state index is 10.8. The first-order valence-electron chi connectivity index (χ1n) is 6.70. The second-order valence-corrected chi connectivity index (χ2v) is 5.32. The highest BCUT2D eigenvalue weighted by Crippen LogP contribution is 2.38. The number of carbonyl (C=O) groups is 1. The van der Waals surface area contributed by atoms with Crippen LogP contribution in [0, 0.1) is 0 Å². The van der Waals surface area contributed by atoms with Gasteiger partial charge in [0.25, 0.3) is 0 Å². The Labute approximate surface area is 124 Å². The molecule has 0 heterocycles. The molecule has 0 aliphatic heterocycles. The Hall–Kier alpha value is -1.26. The van der Waals surface area contributed by atoms with Crippen LogP contribution in [0.5, 0.6) is 11.5 Å². The highest BCUT2D eigenvalue weighted by molar-refractivity contribution is 6.32. The number of methoxy groups -OCH3 is 2. The first-order chi connectivity index (χ1) is 9.67. The van der Waals surface area contributed by atoms with E-state index in [1.807, 2.05) is 0 Å². The summed E-state index contributed by atoms with van der Waals surface area (Å²) < 4.78 is 16.6. The zero-order valence-electron chi connectivity index (χ0n) is 11.7. The van der Waals surface area contributed by atoms with Gasteiger partial charge in [0.05, 0.1) is 18.2 Å². The molecule has 4 nitrogen and oxygen atoms in total. The molecule has 1 aliphatic rings. The lowest BCUT2D eigenvalue weighted by atomic mass is 9.95. The first-order valence-corrected chi connectivity index (χ1v) is 7.08. The highest BCUT2D eigenvalue weighted by atomic mass is 35.5. The van der Waals surface area contributed by atoms with Crippen molar-refractivity contribution in [1.29, 1.82) is 0 Å². The summed E-state index contributed by atoms with van der Waals surface area (Å²) in [4.78, 5) is 10.8. The largest absolute Gasteiger partial charge is 0.493 e. The lowest BCUT2D eigenvalue weighted by Gasteiger charge is -2.29. The summed E-state index contributed by atoms with van der Waals surface area (Å²) in [6.07, 6.45) is 4.95. The standard InChI is InChI=1S/C15H19ClO4/c1-18-11-4-3-5-12(8-11)20-15-13(16)6-10(9-17)7-14(15)19-2/h6-7,9,11-12H,3-5,8H2,1-2H3. The Morgan fingerprint density at radius 2 is 2.00 bits per heavy atom. The molecule has 0 N–H and O–H groups in total. The van der Waals surface area contributed by atoms with Gasteiger partial charge in [-0.25, -0.2) is 0 Å². The second-order valence-electron chi connectivity index (χ2n) is 4.92. The first kappa shape index (κ1) is 15.1. The minimum atomic E-state index is 0.0576. The van der Waals surface area contributed by atoms with Crippen LogP contribution in [-0.2, 0) is 4.74 Å². The lowest BCUT2D eigenvalue weighted by molar-refractivity contribution is 0.0202. The van der Waals surface area contributed by atoms with Gasteiger partial charge in [-0.2, -0.15) is 0 Å². The minimum absolute atomic E-state index is 0.0576. The van der Waals surface area contributed by atoms with E-state index >= 15 is 0 Å². The van der Waals surface area contributed by atoms with Gasteiger partial charge in [0.2, 0.25) is 0 Å². The predicted molar refractivity (Wildman–Crippen MR) is 77.1 cm³/mol. The molecule has 5 heteroatoms. The molecular weight excluding hydrogens is 280 g/mol. The quantitative estimate of drug-likeness (QED) is 0.781. The fraction of sp³-hybridized carbons (Fsp3) is 0.533. The van der Waals surface area contributed by atoms with Crippen LogP contribution in [0.1, 0.15) is 36.0 Å². The third-order valence-electron chi connectivity index (χ3n) is 3.58. The SMILES string of the molecule is COc1cc(C=O)cc(Cl)c1OC1CCCC(OC)C1. The number of aldehydes is 1. The molecule has 1 saturated carbocycles. The van der Waals surface area contributed by atoms with Gasteiger partial charge in [0.15, 0.2) is 11.5 Å². The molecule has 2 unspecified atom stereocenters. The molecule has 1 fully saturated rings. The molecule has 1 aliphatic carbocycles. The summed E-state index contributed by atoms with van der Waals surface area (Å²) in [6.45, 7) is 0. The number of hydrogen-bond acceptors (Lipinski definition) is 4. The summed E-state index contributed by atoms with van der Waals surface area (Å²) in [5.74, 6) is 0.987. The van der Waals surface area contributed by atoms with E-state index in [4.69, 9.17) is 25.8 Å². The zero-order chi connectivity index (χ0) is 14.5. The van der Waals surface area contributed by atoms with Gasteiger partial charge in [-0.3, -0.25) is 4.79 Å². The van der Waals surface area contributed by atoms with Crippen molar-refractivity contribution in [2.45, 2.75) is 37.9 Å². The molecule has 0 radical (unpaired) electrons. The number of halogens is 1. The van der Waals surface area contributed by atoms with Crippen molar-refractivity contribution in [1.82, 2.24) is 0 Å². The number of hydrogen-bond donors (Lipinski definition) is 0. The maximum Gasteiger partial charge on any atom is 0.180 e. The molecular formula is C15H19ClO4. The Morgan fingerprint density at radius 3 is 2.65 bits per heavy atom. The smallest absolute Gasteiger partial charge is 0.180 e. The van der Waals surface area contributed by atoms with E-state index < -0.39 is 0 Å². The van der Waals surface area contributed by atoms with Gasteiger partial charge in [0, 0.05) is 19.1 Å². The number of benzene rings is 1. The Morgan fingerprint density at radius 1 is 1.25 bits per heavy atom. The average Bonchev–Trinajstić information content (AvgIpc) is 2.49. The van der Waals surface area contributed by atoms with Crippen molar-refractivity contribution in [3.8, 4) is 11.5 Å². The fourth-order valence-corrected chi connectivity index (χ4v) is 2.78. The molecule has 2 rings (SSSR count). The summed E-state index contributed by atoms with van der Waals surface area (Å²) >= 11 is 6.19. The van der Waals surface area contributed by atoms with Crippen molar-refractivity contribution in [2.24, 2.45) is 0 Å². The lowest BCUT2D eigenvalue weighted by Crippen LogP contribution is -2.29. The van der Waals surface area contributed by atoms with E-state index in [9.17, 15) is 4.79 Å². The molecule has 1 aromatic carbocycles. The van der Waals surface area contributed by atoms with Crippen molar-refractivity contribution in [3.63, 3.8) is 0 Å². The van der Waals surface area contributed by atoms with Crippen LogP contribution in [0.2, 0.25) is 5.02 Å². The molecule has 0 bridgehead atoms. The van der Waals surface area contributed by atoms with E-state index in [2.05, 4.69) is 0 Å². The monoisotopic (exact) mass is 298 g/mol. The van der Waals surface area contributed by atoms with E-state index in [0.717, 1.165) is 32.0 Å². The Balaban J connectivity index is 2.17. The zero-order valence-corrected chi connectivity index (χ0v) is 12.5. The summed E-state index contributed by atoms with van der Waals surface area (Å²) in [5.41, 5.74) is 0.470. The van der Waals surface area contributed by atoms with Crippen molar-refractivity contribution >= 4 is 17.9 Å². The second kappa shape index (κ2) is 6.95. The van der Waals surface area contributed by atoms with E-state index in [1.54, 1.807) is 19.2 Å². The van der Waals surface area contributed by atoms with Crippen LogP contribution in [0.15, 0.2) is 12.1 Å². The normalized spacial score (nSPS) is 22.4. The Kier molecular flexibility index (Phi) is 5.26. The molecule has 2 atom stereocenters. The molecule has 0 spiro atoms. The predicted octanol–water partition coefficient (Wildman–Crippen LogP) is 3.50. The topological polar surface area (TPSA) is 44.8 Å². The van der Waals surface area contributed by atoms with Gasteiger partial charge in [-0.1, -0.05) is 11.6 Å². The molecule has 0 aromatic heterocycles. The van der Waals surface area contributed by atoms with Crippen LogP contribution in [-0.4, -0.2) is 32.7 Å². The number of carbonyl (C=O) groups excluding carboxylic acids is 1. The van der Waals surface area contributed by atoms with Gasteiger partial charge in [0.1, 0.15) is 12.4 Å². The van der Waals surface area contributed by atoms with Gasteiger partial charge >= 0.3 is 0 Å². The van der Waals surface area contributed by atoms with E-state index in [0.29, 0.717) is 22.1 Å². The van der Waals surface area contributed by atoms with Gasteiger partial charge in [-0.15, -0.1) is 0 Å². The van der Waals surface area contributed by atoms with Gasteiger partial charge < -0.3 is 14.2 Å². The molecule has 20 heavy (non-hydrogen) atoms. The average molecular weight is 299 g/mol. The summed E-state index contributed by atoms with van der Waals surface area (Å²) in [6, 6.07) is 3.22. The van der Waals surface area contributed by atoms with E-state index in [-0.39, 0.29) is 12.2 Å². The minimum Gasteiger partial charge on any atom is -0.493 e. The third kappa shape index (κ3) is 3.44. The fourth-order valence-electron chi connectivity index (χ4n) is 2.51. The van der Waals surface area contributed by atoms with Crippen LogP contribution in [0.3, 0.4) is 0 Å². The summed E-state index contributed by atoms with van der Waals surface area (Å²) in [7, 11) is 3.26. The highest BCUT2D eigenvalue weighted by Gasteiger charge is 2.25. The molecule has 1 aromatic rings. The van der Waals surface area contributed by atoms with Crippen LogP contribution < -0.4 is 9.47 Å². The Bertz CT molecular complexity index is 475. The van der Waals surface area contributed by atoms with Crippen molar-refractivity contribution in [3.05, 3.63) is 22.7 Å². The van der Waals surface area contributed by atoms with Gasteiger partial charge in [-0.05, 0) is 31.4 Å². The van der Waals surface area contributed by atoms with E-state index in [1.165, 1.54) is 7.11 Å². The van der Waals surface area contributed by atoms with Crippen molar-refractivity contribution in [2.75, 3.05) is 14.2 Å². The van der Waals surface area contributed by atoms with Crippen LogP contribution in [0.25, 0.3) is 0 Å². The number of ether oxygens (including phenoxy) is 3. The van der Waals surface area contributed by atoms with Crippen LogP contribution in [0.4, 0.5) is 0 Å². The van der Waals surface area contributed by atoms with Crippen LogP contribution >= 0.6 is 11.6 Å². The molecule has 110 valence electrons. The summed E-state index contributed by atoms with van der Waals surface area (Å²) in [5, 5.41) is 0.394. The number of rotatable bonds is 5. The maximum atomic E-state index is 10.8.